The van der Waals surface area contributed by atoms with Crippen LogP contribution in [0.4, 0.5) is 0 Å². The molecule has 2 N–H and O–H groups in total. The lowest BCUT2D eigenvalue weighted by Gasteiger charge is -1.94. The van der Waals surface area contributed by atoms with E-state index in [0.717, 1.165) is 6.29 Å². The molecular formula is C7H15NO3. The number of ether oxygens (including phenoxy) is 1. The highest BCUT2D eigenvalue weighted by Crippen LogP contribution is 2.02. The molecule has 2 unspecified atom stereocenters. The highest BCUT2D eigenvalue weighted by molar-refractivity contribution is 5.58. The summed E-state index contributed by atoms with van der Waals surface area (Å²) < 4.78 is 4.25. The molecule has 1 aliphatic heterocycles. The molecule has 1 fully saturated rings. The Hall–Kier alpha value is -0.450. The standard InChI is InChI=1S/C5H9NO2.C2H6O/c7-3-4-1-5(8)2-6-4;1-3-2/h3-6,8H,1-2H2;1-2H3. The Morgan fingerprint density at radius 2 is 2.18 bits per heavy atom. The number of aliphatic hydroxyl groups excluding tert-OH is 1. The zero-order valence-corrected chi connectivity index (χ0v) is 6.91. The van der Waals surface area contributed by atoms with E-state index in [2.05, 4.69) is 10.1 Å². The van der Waals surface area contributed by atoms with Crippen LogP contribution < -0.4 is 5.32 Å². The lowest BCUT2D eigenvalue weighted by molar-refractivity contribution is -0.109. The number of β-amino-alcohol motifs (C(OH)–C–C–N with tert-alkyl or cyclic N) is 1. The van der Waals surface area contributed by atoms with Crippen LogP contribution in [-0.4, -0.2) is 44.3 Å². The van der Waals surface area contributed by atoms with E-state index in [-0.39, 0.29) is 12.1 Å². The van der Waals surface area contributed by atoms with Gasteiger partial charge in [-0.3, -0.25) is 0 Å². The van der Waals surface area contributed by atoms with Crippen LogP contribution in [0.15, 0.2) is 0 Å². The van der Waals surface area contributed by atoms with Gasteiger partial charge >= 0.3 is 0 Å². The molecule has 66 valence electrons. The number of methoxy groups -OCH3 is 1. The van der Waals surface area contributed by atoms with Gasteiger partial charge in [-0.2, -0.15) is 0 Å². The van der Waals surface area contributed by atoms with Crippen LogP contribution in [0.2, 0.25) is 0 Å². The number of aliphatic hydroxyl groups is 1. The summed E-state index contributed by atoms with van der Waals surface area (Å²) in [6, 6.07) is -0.106. The van der Waals surface area contributed by atoms with E-state index in [0.29, 0.717) is 13.0 Å². The minimum atomic E-state index is -0.315. The van der Waals surface area contributed by atoms with Gasteiger partial charge in [0.05, 0.1) is 12.1 Å². The predicted octanol–water partition coefficient (Wildman–Crippen LogP) is -0.829. The first kappa shape index (κ1) is 10.6. The topological polar surface area (TPSA) is 58.6 Å². The molecule has 1 aliphatic rings. The average molecular weight is 161 g/mol. The monoisotopic (exact) mass is 161 g/mol. The molecule has 2 atom stereocenters. The molecule has 4 heteroatoms. The molecular weight excluding hydrogens is 146 g/mol. The van der Waals surface area contributed by atoms with Gasteiger partial charge in [0.25, 0.3) is 0 Å². The van der Waals surface area contributed by atoms with Crippen molar-refractivity contribution in [2.45, 2.75) is 18.6 Å². The Labute approximate surface area is 66.5 Å². The van der Waals surface area contributed by atoms with Crippen molar-refractivity contribution < 1.29 is 14.6 Å². The second-order valence-electron chi connectivity index (χ2n) is 2.45. The molecule has 1 heterocycles. The second kappa shape index (κ2) is 6.27. The molecule has 0 aromatic heterocycles. The second-order valence-corrected chi connectivity index (χ2v) is 2.45. The third-order valence-corrected chi connectivity index (χ3v) is 1.31. The predicted molar refractivity (Wildman–Crippen MR) is 41.4 cm³/mol. The van der Waals surface area contributed by atoms with Gasteiger partial charge in [-0.1, -0.05) is 0 Å². The third kappa shape index (κ3) is 4.89. The molecule has 11 heavy (non-hydrogen) atoms. The SMILES string of the molecule is COC.O=CC1CC(O)CN1. The quantitative estimate of drug-likeness (QED) is 0.493. The number of nitrogens with one attached hydrogen (secondary N) is 1. The van der Waals surface area contributed by atoms with E-state index in [1.807, 2.05) is 0 Å². The minimum Gasteiger partial charge on any atom is -0.392 e. The van der Waals surface area contributed by atoms with Gasteiger partial charge in [-0.15, -0.1) is 0 Å². The number of hydrogen-bond acceptors (Lipinski definition) is 4. The van der Waals surface area contributed by atoms with Crippen molar-refractivity contribution in [2.24, 2.45) is 0 Å². The van der Waals surface area contributed by atoms with Gasteiger partial charge in [0, 0.05) is 20.8 Å². The van der Waals surface area contributed by atoms with Crippen LogP contribution in [0.25, 0.3) is 0 Å². The van der Waals surface area contributed by atoms with E-state index in [1.165, 1.54) is 0 Å². The fraction of sp³-hybridized carbons (Fsp3) is 0.857. The maximum atomic E-state index is 9.98. The molecule has 0 spiro atoms. The van der Waals surface area contributed by atoms with Crippen LogP contribution in [0, 0.1) is 0 Å². The van der Waals surface area contributed by atoms with E-state index >= 15 is 0 Å². The minimum absolute atomic E-state index is 0.106. The number of aldehydes is 1. The molecule has 0 aromatic rings. The Morgan fingerprint density at radius 3 is 2.36 bits per heavy atom. The maximum absolute atomic E-state index is 9.98. The zero-order valence-electron chi connectivity index (χ0n) is 6.91. The normalized spacial score (nSPS) is 29.0. The van der Waals surface area contributed by atoms with Crippen molar-refractivity contribution in [1.29, 1.82) is 0 Å². The molecule has 1 rings (SSSR count). The van der Waals surface area contributed by atoms with Crippen molar-refractivity contribution in [2.75, 3.05) is 20.8 Å². The van der Waals surface area contributed by atoms with Crippen LogP contribution in [0.3, 0.4) is 0 Å². The molecule has 0 amide bonds. The highest BCUT2D eigenvalue weighted by atomic mass is 16.4. The fourth-order valence-electron chi connectivity index (χ4n) is 0.851. The highest BCUT2D eigenvalue weighted by Gasteiger charge is 2.20. The molecule has 0 aliphatic carbocycles. The van der Waals surface area contributed by atoms with E-state index in [9.17, 15) is 4.79 Å². The lowest BCUT2D eigenvalue weighted by Crippen LogP contribution is -2.22. The van der Waals surface area contributed by atoms with Crippen LogP contribution >= 0.6 is 0 Å². The summed E-state index contributed by atoms with van der Waals surface area (Å²) in [4.78, 5) is 9.98. The number of rotatable bonds is 1. The first-order valence-corrected chi connectivity index (χ1v) is 3.51. The van der Waals surface area contributed by atoms with Gasteiger partial charge in [0.2, 0.25) is 0 Å². The van der Waals surface area contributed by atoms with Crippen LogP contribution in [0.5, 0.6) is 0 Å². The van der Waals surface area contributed by atoms with Gasteiger partial charge in [0.15, 0.2) is 0 Å². The summed E-state index contributed by atoms with van der Waals surface area (Å²) in [7, 11) is 3.25. The number of hydrogen-bond donors (Lipinski definition) is 2. The van der Waals surface area contributed by atoms with Gasteiger partial charge in [-0.25, -0.2) is 0 Å². The van der Waals surface area contributed by atoms with Crippen molar-refractivity contribution in [3.05, 3.63) is 0 Å². The fourth-order valence-corrected chi connectivity index (χ4v) is 0.851. The largest absolute Gasteiger partial charge is 0.392 e. The van der Waals surface area contributed by atoms with Crippen LogP contribution in [0.1, 0.15) is 6.42 Å². The van der Waals surface area contributed by atoms with Crippen molar-refractivity contribution in [3.63, 3.8) is 0 Å². The number of carbonyl (C=O) groups excluding carboxylic acids is 1. The maximum Gasteiger partial charge on any atom is 0.136 e. The zero-order chi connectivity index (χ0) is 8.69. The first-order valence-electron chi connectivity index (χ1n) is 3.51. The summed E-state index contributed by atoms with van der Waals surface area (Å²) in [5.74, 6) is 0. The average Bonchev–Trinajstić information content (AvgIpc) is 2.37. The van der Waals surface area contributed by atoms with Crippen molar-refractivity contribution in [1.82, 2.24) is 5.32 Å². The molecule has 1 saturated heterocycles. The van der Waals surface area contributed by atoms with Crippen LogP contribution in [-0.2, 0) is 9.53 Å². The number of carbonyl (C=O) groups is 1. The summed E-state index contributed by atoms with van der Waals surface area (Å²) in [6.07, 6.45) is 1.09. The molecule has 4 nitrogen and oxygen atoms in total. The molecule has 0 aromatic carbocycles. The van der Waals surface area contributed by atoms with Gasteiger partial charge in [-0.05, 0) is 6.42 Å². The van der Waals surface area contributed by atoms with E-state index in [1.54, 1.807) is 14.2 Å². The summed E-state index contributed by atoms with van der Waals surface area (Å²) >= 11 is 0. The smallest absolute Gasteiger partial charge is 0.136 e. The Kier molecular flexibility index (Phi) is 6.02. The van der Waals surface area contributed by atoms with Gasteiger partial charge in [0.1, 0.15) is 6.29 Å². The Balaban J connectivity index is 0.000000292. The summed E-state index contributed by atoms with van der Waals surface area (Å²) in [5.41, 5.74) is 0. The van der Waals surface area contributed by atoms with E-state index < -0.39 is 0 Å². The molecule has 0 radical (unpaired) electrons. The van der Waals surface area contributed by atoms with E-state index in [4.69, 9.17) is 5.11 Å². The molecule has 0 saturated carbocycles. The van der Waals surface area contributed by atoms with Crippen molar-refractivity contribution >= 4 is 6.29 Å². The Morgan fingerprint density at radius 1 is 1.64 bits per heavy atom. The van der Waals surface area contributed by atoms with Crippen molar-refractivity contribution in [3.8, 4) is 0 Å². The summed E-state index contributed by atoms with van der Waals surface area (Å²) in [6.45, 7) is 0.559. The molecule has 0 bridgehead atoms. The van der Waals surface area contributed by atoms with Gasteiger partial charge < -0.3 is 20.0 Å². The third-order valence-electron chi connectivity index (χ3n) is 1.31. The first-order chi connectivity index (χ1) is 5.24. The lowest BCUT2D eigenvalue weighted by atomic mass is 10.2. The Bertz CT molecular complexity index is 108. The summed E-state index contributed by atoms with van der Waals surface area (Å²) in [5, 5.41) is 11.6.